The Morgan fingerprint density at radius 1 is 1.27 bits per heavy atom. The summed E-state index contributed by atoms with van der Waals surface area (Å²) in [6.07, 6.45) is 7.13. The van der Waals surface area contributed by atoms with Crippen molar-refractivity contribution in [2.45, 2.75) is 38.1 Å². The summed E-state index contributed by atoms with van der Waals surface area (Å²) in [5.74, 6) is 2.06. The molecule has 2 heteroatoms. The minimum absolute atomic E-state index is 0.866. The van der Waals surface area contributed by atoms with E-state index in [1.807, 2.05) is 11.3 Å². The lowest BCUT2D eigenvalue weighted by atomic mass is 10.1. The average molecular weight is 221 g/mol. The molecule has 0 spiro atoms. The molecule has 1 nitrogen and oxygen atoms in total. The Hall–Kier alpha value is -0.340. The normalized spacial score (nSPS) is 21.1. The molecule has 2 aliphatic carbocycles. The predicted octanol–water partition coefficient (Wildman–Crippen LogP) is 3.07. The molecule has 2 fully saturated rings. The van der Waals surface area contributed by atoms with Gasteiger partial charge in [0.1, 0.15) is 0 Å². The summed E-state index contributed by atoms with van der Waals surface area (Å²) in [5, 5.41) is 5.96. The van der Waals surface area contributed by atoms with E-state index < -0.39 is 0 Å². The van der Waals surface area contributed by atoms with E-state index in [0.717, 1.165) is 17.9 Å². The van der Waals surface area contributed by atoms with Crippen molar-refractivity contribution in [3.05, 3.63) is 22.4 Å². The van der Waals surface area contributed by atoms with Crippen LogP contribution in [0.4, 0.5) is 0 Å². The van der Waals surface area contributed by atoms with Crippen LogP contribution in [0.3, 0.4) is 0 Å². The summed E-state index contributed by atoms with van der Waals surface area (Å²) in [7, 11) is 0. The third kappa shape index (κ3) is 2.61. The molecule has 2 saturated carbocycles. The average Bonchev–Trinajstić information content (AvgIpc) is 3.15. The van der Waals surface area contributed by atoms with Gasteiger partial charge in [0.15, 0.2) is 0 Å². The lowest BCUT2D eigenvalue weighted by molar-refractivity contribution is 0.420. The number of nitrogens with one attached hydrogen (secondary N) is 1. The lowest BCUT2D eigenvalue weighted by Crippen LogP contribution is -2.34. The van der Waals surface area contributed by atoms with Crippen molar-refractivity contribution >= 4 is 11.3 Å². The fourth-order valence-corrected chi connectivity index (χ4v) is 3.15. The van der Waals surface area contributed by atoms with Gasteiger partial charge in [-0.3, -0.25) is 0 Å². The predicted molar refractivity (Wildman–Crippen MR) is 65.3 cm³/mol. The summed E-state index contributed by atoms with van der Waals surface area (Å²) < 4.78 is 0. The molecule has 0 bridgehead atoms. The summed E-state index contributed by atoms with van der Waals surface area (Å²) in [6, 6.07) is 5.26. The first-order valence-electron chi connectivity index (χ1n) is 6.19. The highest BCUT2D eigenvalue weighted by Gasteiger charge is 2.40. The minimum Gasteiger partial charge on any atom is -0.313 e. The van der Waals surface area contributed by atoms with E-state index in [2.05, 4.69) is 22.8 Å². The Balaban J connectivity index is 1.44. The van der Waals surface area contributed by atoms with E-state index in [-0.39, 0.29) is 0 Å². The van der Waals surface area contributed by atoms with Crippen LogP contribution in [0.25, 0.3) is 0 Å². The summed E-state index contributed by atoms with van der Waals surface area (Å²) in [4.78, 5) is 1.52. The second-order valence-corrected chi connectivity index (χ2v) is 6.02. The lowest BCUT2D eigenvalue weighted by Gasteiger charge is -2.17. The van der Waals surface area contributed by atoms with Crippen LogP contribution in [-0.4, -0.2) is 12.6 Å². The maximum atomic E-state index is 3.79. The molecule has 0 atom stereocenters. The maximum Gasteiger partial charge on any atom is 0.0124 e. The van der Waals surface area contributed by atoms with Crippen LogP contribution < -0.4 is 5.32 Å². The molecule has 2 aliphatic rings. The Morgan fingerprint density at radius 3 is 2.53 bits per heavy atom. The molecule has 0 saturated heterocycles. The third-order valence-electron chi connectivity index (χ3n) is 3.59. The van der Waals surface area contributed by atoms with Gasteiger partial charge in [-0.05, 0) is 55.4 Å². The van der Waals surface area contributed by atoms with Crippen LogP contribution in [0.15, 0.2) is 17.5 Å². The highest BCUT2D eigenvalue weighted by atomic mass is 32.1. The van der Waals surface area contributed by atoms with Crippen LogP contribution in [0, 0.1) is 11.8 Å². The largest absolute Gasteiger partial charge is 0.313 e. The Labute approximate surface area is 95.9 Å². The second kappa shape index (κ2) is 4.26. The zero-order valence-corrected chi connectivity index (χ0v) is 9.93. The van der Waals surface area contributed by atoms with E-state index in [1.165, 1.54) is 43.5 Å². The topological polar surface area (TPSA) is 12.0 Å². The zero-order chi connectivity index (χ0) is 10.1. The Bertz CT molecular complexity index is 286. The van der Waals surface area contributed by atoms with Gasteiger partial charge in [-0.2, -0.15) is 0 Å². The van der Waals surface area contributed by atoms with Crippen molar-refractivity contribution in [1.82, 2.24) is 5.32 Å². The van der Waals surface area contributed by atoms with Crippen LogP contribution >= 0.6 is 11.3 Å². The summed E-state index contributed by atoms with van der Waals surface area (Å²) >= 11 is 1.88. The first-order chi connectivity index (χ1) is 7.43. The molecule has 3 rings (SSSR count). The van der Waals surface area contributed by atoms with Gasteiger partial charge >= 0.3 is 0 Å². The highest BCUT2D eigenvalue weighted by Crippen LogP contribution is 2.44. The van der Waals surface area contributed by atoms with Crippen LogP contribution in [0.5, 0.6) is 0 Å². The van der Waals surface area contributed by atoms with Gasteiger partial charge < -0.3 is 5.32 Å². The molecule has 0 unspecified atom stereocenters. The molecule has 0 radical (unpaired) electrons. The monoisotopic (exact) mass is 221 g/mol. The molecule has 1 heterocycles. The molecule has 0 aromatic carbocycles. The Kier molecular flexibility index (Phi) is 2.80. The van der Waals surface area contributed by atoms with E-state index in [9.17, 15) is 0 Å². The molecule has 0 aliphatic heterocycles. The fraction of sp³-hybridized carbons (Fsp3) is 0.692. The number of rotatable bonds is 6. The zero-order valence-electron chi connectivity index (χ0n) is 9.11. The minimum atomic E-state index is 0.866. The standard InChI is InChI=1S/C13H19NS/c1-2-12(15-9-1)7-8-14-13(10-3-4-10)11-5-6-11/h1-2,9-11,13-14H,3-8H2. The molecule has 1 aromatic rings. The van der Waals surface area contributed by atoms with E-state index in [0.29, 0.717) is 0 Å². The molecule has 1 aromatic heterocycles. The van der Waals surface area contributed by atoms with Crippen LogP contribution in [-0.2, 0) is 6.42 Å². The quantitative estimate of drug-likeness (QED) is 0.778. The van der Waals surface area contributed by atoms with Crippen molar-refractivity contribution in [3.8, 4) is 0 Å². The van der Waals surface area contributed by atoms with Gasteiger partial charge in [0, 0.05) is 17.5 Å². The van der Waals surface area contributed by atoms with Crippen molar-refractivity contribution in [2.75, 3.05) is 6.54 Å². The van der Waals surface area contributed by atoms with Gasteiger partial charge in [-0.25, -0.2) is 0 Å². The number of hydrogen-bond acceptors (Lipinski definition) is 2. The highest BCUT2D eigenvalue weighted by molar-refractivity contribution is 7.09. The number of hydrogen-bond donors (Lipinski definition) is 1. The first kappa shape index (κ1) is 9.86. The molecular weight excluding hydrogens is 202 g/mol. The molecule has 82 valence electrons. The molecule has 15 heavy (non-hydrogen) atoms. The Morgan fingerprint density at radius 2 is 2.00 bits per heavy atom. The van der Waals surface area contributed by atoms with Crippen molar-refractivity contribution in [2.24, 2.45) is 11.8 Å². The summed E-state index contributed by atoms with van der Waals surface area (Å²) in [5.41, 5.74) is 0. The van der Waals surface area contributed by atoms with E-state index in [1.54, 1.807) is 0 Å². The van der Waals surface area contributed by atoms with Crippen LogP contribution in [0.1, 0.15) is 30.6 Å². The van der Waals surface area contributed by atoms with Crippen molar-refractivity contribution in [1.29, 1.82) is 0 Å². The van der Waals surface area contributed by atoms with Gasteiger partial charge in [-0.1, -0.05) is 6.07 Å². The van der Waals surface area contributed by atoms with Gasteiger partial charge in [0.25, 0.3) is 0 Å². The fourth-order valence-electron chi connectivity index (χ4n) is 2.45. The maximum absolute atomic E-state index is 3.79. The smallest absolute Gasteiger partial charge is 0.0124 e. The van der Waals surface area contributed by atoms with Crippen LogP contribution in [0.2, 0.25) is 0 Å². The second-order valence-electron chi connectivity index (χ2n) is 4.98. The van der Waals surface area contributed by atoms with Gasteiger partial charge in [0.2, 0.25) is 0 Å². The number of thiophene rings is 1. The van der Waals surface area contributed by atoms with Crippen molar-refractivity contribution in [3.63, 3.8) is 0 Å². The van der Waals surface area contributed by atoms with Crippen molar-refractivity contribution < 1.29 is 0 Å². The molecular formula is C13H19NS. The van der Waals surface area contributed by atoms with E-state index in [4.69, 9.17) is 0 Å². The van der Waals surface area contributed by atoms with Gasteiger partial charge in [0.05, 0.1) is 0 Å². The molecule has 0 amide bonds. The molecule has 1 N–H and O–H groups in total. The SMILES string of the molecule is c1csc(CCNC(C2CC2)C2CC2)c1. The van der Waals surface area contributed by atoms with Gasteiger partial charge in [-0.15, -0.1) is 11.3 Å². The van der Waals surface area contributed by atoms with E-state index >= 15 is 0 Å². The summed E-state index contributed by atoms with van der Waals surface area (Å²) in [6.45, 7) is 1.18. The first-order valence-corrected chi connectivity index (χ1v) is 7.07. The third-order valence-corrected chi connectivity index (χ3v) is 4.53.